The van der Waals surface area contributed by atoms with Crippen LogP contribution < -0.4 is 0 Å². The van der Waals surface area contributed by atoms with Gasteiger partial charge in [-0.3, -0.25) is 0 Å². The quantitative estimate of drug-likeness (QED) is 0.933. The summed E-state index contributed by atoms with van der Waals surface area (Å²) in [6.07, 6.45) is 4.49. The Labute approximate surface area is 118 Å². The standard InChI is InChI=1S/C16H18N2O2/c1-11-17-14-8-4-5-9-15(14)18(11)10-12-6-2-3-7-13(12)16(19)20/h2-3,6-7H,4-5,8-10H2,1H3,(H,19,20). The van der Waals surface area contributed by atoms with Crippen LogP contribution in [0.15, 0.2) is 24.3 Å². The predicted octanol–water partition coefficient (Wildman–Crippen LogP) is 2.82. The van der Waals surface area contributed by atoms with Gasteiger partial charge in [-0.1, -0.05) is 18.2 Å². The summed E-state index contributed by atoms with van der Waals surface area (Å²) in [5.74, 6) is 0.115. The van der Waals surface area contributed by atoms with Crippen molar-refractivity contribution in [3.8, 4) is 0 Å². The number of hydrogen-bond acceptors (Lipinski definition) is 2. The van der Waals surface area contributed by atoms with Gasteiger partial charge in [-0.25, -0.2) is 9.78 Å². The lowest BCUT2D eigenvalue weighted by Gasteiger charge is -2.15. The van der Waals surface area contributed by atoms with Crippen LogP contribution in [0.1, 0.15) is 46.0 Å². The largest absolute Gasteiger partial charge is 0.478 e. The number of carboxylic acids is 1. The number of nitrogens with zero attached hydrogens (tertiary/aromatic N) is 2. The minimum Gasteiger partial charge on any atom is -0.478 e. The van der Waals surface area contributed by atoms with Crippen LogP contribution in [-0.2, 0) is 19.4 Å². The Morgan fingerprint density at radius 3 is 2.85 bits per heavy atom. The van der Waals surface area contributed by atoms with Crippen molar-refractivity contribution < 1.29 is 9.90 Å². The third kappa shape index (κ3) is 2.22. The maximum Gasteiger partial charge on any atom is 0.336 e. The van der Waals surface area contributed by atoms with Gasteiger partial charge in [-0.05, 0) is 44.2 Å². The molecule has 4 heteroatoms. The molecule has 1 aliphatic carbocycles. The Morgan fingerprint density at radius 2 is 2.05 bits per heavy atom. The second-order valence-electron chi connectivity index (χ2n) is 5.31. The Balaban J connectivity index is 2.00. The Morgan fingerprint density at radius 1 is 1.30 bits per heavy atom. The van der Waals surface area contributed by atoms with Gasteiger partial charge in [-0.2, -0.15) is 0 Å². The zero-order chi connectivity index (χ0) is 14.1. The molecule has 0 fully saturated rings. The van der Waals surface area contributed by atoms with Crippen LogP contribution in [0.25, 0.3) is 0 Å². The fourth-order valence-electron chi connectivity index (χ4n) is 2.98. The van der Waals surface area contributed by atoms with E-state index in [1.165, 1.54) is 24.2 Å². The first kappa shape index (κ1) is 12.9. The van der Waals surface area contributed by atoms with E-state index in [9.17, 15) is 9.90 Å². The number of rotatable bonds is 3. The van der Waals surface area contributed by atoms with E-state index in [1.54, 1.807) is 12.1 Å². The molecule has 3 rings (SSSR count). The lowest BCUT2D eigenvalue weighted by Crippen LogP contribution is -2.12. The monoisotopic (exact) mass is 270 g/mol. The number of benzene rings is 1. The lowest BCUT2D eigenvalue weighted by molar-refractivity contribution is 0.0695. The van der Waals surface area contributed by atoms with Crippen molar-refractivity contribution in [2.45, 2.75) is 39.2 Å². The van der Waals surface area contributed by atoms with E-state index in [0.717, 1.165) is 24.2 Å². The highest BCUT2D eigenvalue weighted by molar-refractivity contribution is 5.89. The van der Waals surface area contributed by atoms with E-state index in [-0.39, 0.29) is 0 Å². The highest BCUT2D eigenvalue weighted by Gasteiger charge is 2.19. The van der Waals surface area contributed by atoms with Crippen LogP contribution in [0.3, 0.4) is 0 Å². The van der Waals surface area contributed by atoms with E-state index in [2.05, 4.69) is 9.55 Å². The first-order valence-electron chi connectivity index (χ1n) is 7.03. The molecule has 0 saturated carbocycles. The van der Waals surface area contributed by atoms with Crippen LogP contribution >= 0.6 is 0 Å². The number of hydrogen-bond donors (Lipinski definition) is 1. The zero-order valence-corrected chi connectivity index (χ0v) is 11.6. The molecular weight excluding hydrogens is 252 g/mol. The van der Waals surface area contributed by atoms with Crippen molar-refractivity contribution in [3.05, 3.63) is 52.6 Å². The van der Waals surface area contributed by atoms with Gasteiger partial charge in [0, 0.05) is 12.2 Å². The Hall–Kier alpha value is -2.10. The molecule has 104 valence electrons. The smallest absolute Gasteiger partial charge is 0.336 e. The second kappa shape index (κ2) is 5.12. The fourth-order valence-corrected chi connectivity index (χ4v) is 2.98. The maximum atomic E-state index is 11.3. The van der Waals surface area contributed by atoms with Gasteiger partial charge in [0.2, 0.25) is 0 Å². The van der Waals surface area contributed by atoms with Crippen molar-refractivity contribution in [3.63, 3.8) is 0 Å². The number of carbonyl (C=O) groups is 1. The van der Waals surface area contributed by atoms with Gasteiger partial charge in [-0.15, -0.1) is 0 Å². The summed E-state index contributed by atoms with van der Waals surface area (Å²) in [7, 11) is 0. The van der Waals surface area contributed by atoms with E-state index < -0.39 is 5.97 Å². The topological polar surface area (TPSA) is 55.1 Å². The molecule has 0 unspecified atom stereocenters. The summed E-state index contributed by atoms with van der Waals surface area (Å²) in [5.41, 5.74) is 3.70. The maximum absolute atomic E-state index is 11.3. The minimum atomic E-state index is -0.868. The van der Waals surface area contributed by atoms with Crippen molar-refractivity contribution in [2.75, 3.05) is 0 Å². The minimum absolute atomic E-state index is 0.380. The zero-order valence-electron chi connectivity index (χ0n) is 11.6. The molecule has 0 aliphatic heterocycles. The lowest BCUT2D eigenvalue weighted by atomic mass is 10.0. The average Bonchev–Trinajstić information content (AvgIpc) is 2.76. The molecule has 20 heavy (non-hydrogen) atoms. The molecule has 0 atom stereocenters. The number of imidazole rings is 1. The molecule has 0 bridgehead atoms. The molecular formula is C16H18N2O2. The number of fused-ring (bicyclic) bond motifs is 1. The van der Waals surface area contributed by atoms with Crippen molar-refractivity contribution in [1.29, 1.82) is 0 Å². The molecule has 0 spiro atoms. The first-order valence-corrected chi connectivity index (χ1v) is 7.03. The van der Waals surface area contributed by atoms with E-state index in [0.29, 0.717) is 12.1 Å². The molecule has 1 aromatic heterocycles. The summed E-state index contributed by atoms with van der Waals surface area (Å²) in [6, 6.07) is 7.21. The summed E-state index contributed by atoms with van der Waals surface area (Å²) < 4.78 is 2.18. The predicted molar refractivity (Wildman–Crippen MR) is 76.1 cm³/mol. The second-order valence-corrected chi connectivity index (χ2v) is 5.31. The van der Waals surface area contributed by atoms with E-state index in [4.69, 9.17) is 0 Å². The van der Waals surface area contributed by atoms with Crippen LogP contribution in [0.2, 0.25) is 0 Å². The normalized spacial score (nSPS) is 14.1. The molecule has 0 radical (unpaired) electrons. The summed E-state index contributed by atoms with van der Waals surface area (Å²) >= 11 is 0. The Kier molecular flexibility index (Phi) is 3.30. The van der Waals surface area contributed by atoms with Gasteiger partial charge < -0.3 is 9.67 Å². The molecule has 1 aliphatic rings. The first-order chi connectivity index (χ1) is 9.66. The van der Waals surface area contributed by atoms with E-state index in [1.807, 2.05) is 19.1 Å². The molecule has 1 aromatic carbocycles. The van der Waals surface area contributed by atoms with Gasteiger partial charge >= 0.3 is 5.97 Å². The average molecular weight is 270 g/mol. The number of carboxylic acid groups (broad SMARTS) is 1. The molecule has 2 aromatic rings. The van der Waals surface area contributed by atoms with Crippen molar-refractivity contribution >= 4 is 5.97 Å². The molecule has 0 amide bonds. The fraction of sp³-hybridized carbons (Fsp3) is 0.375. The third-order valence-electron chi connectivity index (χ3n) is 4.00. The van der Waals surface area contributed by atoms with Gasteiger partial charge in [0.1, 0.15) is 5.82 Å². The van der Waals surface area contributed by atoms with Crippen molar-refractivity contribution in [2.24, 2.45) is 0 Å². The Bertz CT molecular complexity index is 658. The summed E-state index contributed by atoms with van der Waals surface area (Å²) in [5, 5.41) is 9.28. The SMILES string of the molecule is Cc1nc2c(n1Cc1ccccc1C(=O)O)CCCC2. The van der Waals surface area contributed by atoms with Gasteiger partial charge in [0.05, 0.1) is 11.3 Å². The van der Waals surface area contributed by atoms with Crippen LogP contribution in [0.4, 0.5) is 0 Å². The summed E-state index contributed by atoms with van der Waals surface area (Å²) in [4.78, 5) is 15.9. The third-order valence-corrected chi connectivity index (χ3v) is 4.00. The van der Waals surface area contributed by atoms with Crippen LogP contribution in [0, 0.1) is 6.92 Å². The molecule has 1 N–H and O–H groups in total. The molecule has 1 heterocycles. The van der Waals surface area contributed by atoms with Crippen LogP contribution in [0.5, 0.6) is 0 Å². The highest BCUT2D eigenvalue weighted by atomic mass is 16.4. The van der Waals surface area contributed by atoms with Gasteiger partial charge in [0.25, 0.3) is 0 Å². The number of aromatic nitrogens is 2. The van der Waals surface area contributed by atoms with E-state index >= 15 is 0 Å². The molecule has 0 saturated heterocycles. The summed E-state index contributed by atoms with van der Waals surface area (Å²) in [6.45, 7) is 2.60. The number of aromatic carboxylic acids is 1. The highest BCUT2D eigenvalue weighted by Crippen LogP contribution is 2.23. The molecule has 4 nitrogen and oxygen atoms in total. The van der Waals surface area contributed by atoms with Crippen LogP contribution in [-0.4, -0.2) is 20.6 Å². The van der Waals surface area contributed by atoms with Gasteiger partial charge in [0.15, 0.2) is 0 Å². The van der Waals surface area contributed by atoms with Crippen molar-refractivity contribution in [1.82, 2.24) is 9.55 Å². The number of aryl methyl sites for hydroxylation is 2.